The molecule has 0 saturated carbocycles. The summed E-state index contributed by atoms with van der Waals surface area (Å²) in [6.07, 6.45) is 3.64. The van der Waals surface area contributed by atoms with Crippen molar-refractivity contribution < 1.29 is 4.79 Å². The summed E-state index contributed by atoms with van der Waals surface area (Å²) in [7, 11) is 0. The van der Waals surface area contributed by atoms with Crippen LogP contribution in [0.2, 0.25) is 0 Å². The van der Waals surface area contributed by atoms with Gasteiger partial charge in [0.15, 0.2) is 0 Å². The standard InChI is InChI=1S/C16H14N4O/c21-16(11-13-5-1-2-8-17-13)19-14-6-3-4-12(10-14)15-7-9-18-20-15/h1-10H,11H2,(H,18,20)(H,19,21). The minimum absolute atomic E-state index is 0.0875. The van der Waals surface area contributed by atoms with E-state index in [-0.39, 0.29) is 12.3 Å². The second kappa shape index (κ2) is 6.00. The number of carbonyl (C=O) groups is 1. The van der Waals surface area contributed by atoms with E-state index in [4.69, 9.17) is 0 Å². The Morgan fingerprint density at radius 1 is 1.10 bits per heavy atom. The average Bonchev–Trinajstić information content (AvgIpc) is 3.02. The molecule has 3 aromatic rings. The summed E-state index contributed by atoms with van der Waals surface area (Å²) in [5, 5.41) is 9.71. The van der Waals surface area contributed by atoms with E-state index in [1.54, 1.807) is 12.4 Å². The third-order valence-corrected chi connectivity index (χ3v) is 3.03. The van der Waals surface area contributed by atoms with E-state index in [1.165, 1.54) is 0 Å². The van der Waals surface area contributed by atoms with Crippen molar-refractivity contribution >= 4 is 11.6 Å². The lowest BCUT2D eigenvalue weighted by Gasteiger charge is -2.06. The van der Waals surface area contributed by atoms with Crippen molar-refractivity contribution in [2.24, 2.45) is 0 Å². The predicted molar refractivity (Wildman–Crippen MR) is 80.6 cm³/mol. The fraction of sp³-hybridized carbons (Fsp3) is 0.0625. The molecule has 0 atom stereocenters. The number of aromatic amines is 1. The van der Waals surface area contributed by atoms with Crippen LogP contribution in [0.4, 0.5) is 5.69 Å². The van der Waals surface area contributed by atoms with Crippen molar-refractivity contribution in [1.29, 1.82) is 0 Å². The van der Waals surface area contributed by atoms with Gasteiger partial charge in [-0.3, -0.25) is 14.9 Å². The Balaban J connectivity index is 1.70. The van der Waals surface area contributed by atoms with Crippen molar-refractivity contribution in [2.75, 3.05) is 5.32 Å². The molecule has 0 aliphatic carbocycles. The number of H-pyrrole nitrogens is 1. The molecule has 0 unspecified atom stereocenters. The Kier molecular flexibility index (Phi) is 3.73. The van der Waals surface area contributed by atoms with Crippen LogP contribution in [0.15, 0.2) is 60.9 Å². The fourth-order valence-electron chi connectivity index (χ4n) is 2.05. The molecule has 5 heteroatoms. The third-order valence-electron chi connectivity index (χ3n) is 3.03. The molecule has 0 fully saturated rings. The summed E-state index contributed by atoms with van der Waals surface area (Å²) in [5.41, 5.74) is 3.39. The van der Waals surface area contributed by atoms with Crippen LogP contribution in [0.1, 0.15) is 5.69 Å². The number of anilines is 1. The molecule has 0 radical (unpaired) electrons. The number of carbonyl (C=O) groups excluding carboxylic acids is 1. The highest BCUT2D eigenvalue weighted by atomic mass is 16.1. The maximum Gasteiger partial charge on any atom is 0.230 e. The highest BCUT2D eigenvalue weighted by Gasteiger charge is 2.06. The Hall–Kier alpha value is -2.95. The topological polar surface area (TPSA) is 70.7 Å². The summed E-state index contributed by atoms with van der Waals surface area (Å²) in [4.78, 5) is 16.2. The Morgan fingerprint density at radius 3 is 2.81 bits per heavy atom. The van der Waals surface area contributed by atoms with E-state index in [0.29, 0.717) is 0 Å². The number of hydrogen-bond acceptors (Lipinski definition) is 3. The Bertz CT molecular complexity index is 723. The van der Waals surface area contributed by atoms with Gasteiger partial charge in [-0.25, -0.2) is 0 Å². The highest BCUT2D eigenvalue weighted by molar-refractivity contribution is 5.92. The van der Waals surface area contributed by atoms with E-state index in [9.17, 15) is 4.79 Å². The quantitative estimate of drug-likeness (QED) is 0.770. The smallest absolute Gasteiger partial charge is 0.230 e. The molecule has 2 aromatic heterocycles. The number of benzene rings is 1. The van der Waals surface area contributed by atoms with E-state index in [2.05, 4.69) is 20.5 Å². The van der Waals surface area contributed by atoms with Gasteiger partial charge in [0.2, 0.25) is 5.91 Å². The second-order valence-electron chi connectivity index (χ2n) is 4.60. The monoisotopic (exact) mass is 278 g/mol. The van der Waals surface area contributed by atoms with E-state index in [1.807, 2.05) is 48.5 Å². The highest BCUT2D eigenvalue weighted by Crippen LogP contribution is 2.20. The molecule has 0 aliphatic rings. The van der Waals surface area contributed by atoms with Gasteiger partial charge in [-0.05, 0) is 30.3 Å². The number of rotatable bonds is 4. The minimum atomic E-state index is -0.0875. The SMILES string of the molecule is O=C(Cc1ccccn1)Nc1cccc(-c2ccn[nH]2)c1. The molecule has 5 nitrogen and oxygen atoms in total. The predicted octanol–water partition coefficient (Wildman–Crippen LogP) is 2.65. The van der Waals surface area contributed by atoms with Crippen LogP contribution in [0.5, 0.6) is 0 Å². The van der Waals surface area contributed by atoms with E-state index in [0.717, 1.165) is 22.6 Å². The van der Waals surface area contributed by atoms with Gasteiger partial charge >= 0.3 is 0 Å². The van der Waals surface area contributed by atoms with Crippen LogP contribution in [0, 0.1) is 0 Å². The summed E-state index contributed by atoms with van der Waals surface area (Å²) in [6, 6.07) is 15.0. The van der Waals surface area contributed by atoms with Crippen LogP contribution < -0.4 is 5.32 Å². The molecule has 2 N–H and O–H groups in total. The third kappa shape index (κ3) is 3.33. The normalized spacial score (nSPS) is 10.3. The van der Waals surface area contributed by atoms with Crippen LogP contribution in [0.25, 0.3) is 11.3 Å². The summed E-state index contributed by atoms with van der Waals surface area (Å²) >= 11 is 0. The Labute approximate surface area is 122 Å². The zero-order valence-electron chi connectivity index (χ0n) is 11.3. The van der Waals surface area contributed by atoms with Gasteiger partial charge in [0.25, 0.3) is 0 Å². The molecule has 3 rings (SSSR count). The van der Waals surface area contributed by atoms with Gasteiger partial charge in [0, 0.05) is 29.3 Å². The summed E-state index contributed by atoms with van der Waals surface area (Å²) in [6.45, 7) is 0. The number of aromatic nitrogens is 3. The molecule has 2 heterocycles. The largest absolute Gasteiger partial charge is 0.326 e. The number of hydrogen-bond donors (Lipinski definition) is 2. The molecular formula is C16H14N4O. The molecule has 1 amide bonds. The van der Waals surface area contributed by atoms with Crippen LogP contribution in [-0.4, -0.2) is 21.1 Å². The van der Waals surface area contributed by atoms with Crippen molar-refractivity contribution in [3.8, 4) is 11.3 Å². The number of nitrogens with zero attached hydrogens (tertiary/aromatic N) is 2. The molecule has 0 saturated heterocycles. The lowest BCUT2D eigenvalue weighted by atomic mass is 10.1. The number of nitrogens with one attached hydrogen (secondary N) is 2. The minimum Gasteiger partial charge on any atom is -0.326 e. The van der Waals surface area contributed by atoms with Crippen molar-refractivity contribution in [2.45, 2.75) is 6.42 Å². The molecule has 0 spiro atoms. The van der Waals surface area contributed by atoms with Gasteiger partial charge in [0.05, 0.1) is 12.1 Å². The molecule has 0 aliphatic heterocycles. The van der Waals surface area contributed by atoms with Gasteiger partial charge in [-0.15, -0.1) is 0 Å². The Morgan fingerprint density at radius 2 is 2.05 bits per heavy atom. The zero-order chi connectivity index (χ0) is 14.5. The molecule has 104 valence electrons. The molecule has 21 heavy (non-hydrogen) atoms. The fourth-order valence-corrected chi connectivity index (χ4v) is 2.05. The van der Waals surface area contributed by atoms with Crippen molar-refractivity contribution in [3.05, 3.63) is 66.6 Å². The molecule has 0 bridgehead atoms. The first kappa shape index (κ1) is 13.1. The maximum atomic E-state index is 12.0. The lowest BCUT2D eigenvalue weighted by molar-refractivity contribution is -0.115. The number of pyridine rings is 1. The van der Waals surface area contributed by atoms with Crippen LogP contribution >= 0.6 is 0 Å². The summed E-state index contributed by atoms with van der Waals surface area (Å²) in [5.74, 6) is -0.0875. The first-order chi connectivity index (χ1) is 10.3. The summed E-state index contributed by atoms with van der Waals surface area (Å²) < 4.78 is 0. The number of amides is 1. The lowest BCUT2D eigenvalue weighted by Crippen LogP contribution is -2.15. The molecular weight excluding hydrogens is 264 g/mol. The van der Waals surface area contributed by atoms with Gasteiger partial charge in [-0.1, -0.05) is 18.2 Å². The van der Waals surface area contributed by atoms with Crippen molar-refractivity contribution in [3.63, 3.8) is 0 Å². The zero-order valence-corrected chi connectivity index (χ0v) is 11.3. The second-order valence-corrected chi connectivity index (χ2v) is 4.60. The van der Waals surface area contributed by atoms with Crippen molar-refractivity contribution in [1.82, 2.24) is 15.2 Å². The van der Waals surface area contributed by atoms with Gasteiger partial charge in [0.1, 0.15) is 0 Å². The van der Waals surface area contributed by atoms with E-state index < -0.39 is 0 Å². The average molecular weight is 278 g/mol. The van der Waals surface area contributed by atoms with Crippen LogP contribution in [-0.2, 0) is 11.2 Å². The first-order valence-electron chi connectivity index (χ1n) is 6.61. The van der Waals surface area contributed by atoms with E-state index >= 15 is 0 Å². The van der Waals surface area contributed by atoms with Crippen LogP contribution in [0.3, 0.4) is 0 Å². The maximum absolute atomic E-state index is 12.0. The van der Waals surface area contributed by atoms with Gasteiger partial charge in [-0.2, -0.15) is 5.10 Å². The van der Waals surface area contributed by atoms with Gasteiger partial charge < -0.3 is 5.32 Å². The first-order valence-corrected chi connectivity index (χ1v) is 6.61. The molecule has 1 aromatic carbocycles.